The first kappa shape index (κ1) is 12.2. The highest BCUT2D eigenvalue weighted by molar-refractivity contribution is 5.49. The van der Waals surface area contributed by atoms with Gasteiger partial charge in [-0.3, -0.25) is 0 Å². The van der Waals surface area contributed by atoms with Crippen LogP contribution in [-0.2, 0) is 4.74 Å². The summed E-state index contributed by atoms with van der Waals surface area (Å²) >= 11 is 0. The average Bonchev–Trinajstić information content (AvgIpc) is 2.49. The molecule has 0 spiro atoms. The highest BCUT2D eigenvalue weighted by atomic mass is 16.5. The largest absolute Gasteiger partial charge is 0.354 e. The standard InChI is InChI=1S/C17H19NO/c1-14-8-10-16(11-9-14)18-12-5-13-19-17(18)15-6-3-2-4-7-15/h2-4,6-11,17H,5,12-13H2,1H3. The maximum Gasteiger partial charge on any atom is 0.156 e. The Hall–Kier alpha value is -1.80. The number of anilines is 1. The summed E-state index contributed by atoms with van der Waals surface area (Å²) in [5.74, 6) is 0. The van der Waals surface area contributed by atoms with Gasteiger partial charge in [-0.05, 0) is 25.5 Å². The Balaban J connectivity index is 1.91. The molecule has 1 fully saturated rings. The molecule has 2 heteroatoms. The quantitative estimate of drug-likeness (QED) is 0.804. The number of rotatable bonds is 2. The summed E-state index contributed by atoms with van der Waals surface area (Å²) in [5, 5.41) is 0. The third-order valence-electron chi connectivity index (χ3n) is 3.55. The van der Waals surface area contributed by atoms with E-state index in [1.165, 1.54) is 16.8 Å². The van der Waals surface area contributed by atoms with E-state index in [9.17, 15) is 0 Å². The Kier molecular flexibility index (Phi) is 3.51. The lowest BCUT2D eigenvalue weighted by atomic mass is 10.1. The van der Waals surface area contributed by atoms with Gasteiger partial charge in [-0.25, -0.2) is 0 Å². The van der Waals surface area contributed by atoms with Crippen molar-refractivity contribution in [2.24, 2.45) is 0 Å². The van der Waals surface area contributed by atoms with Crippen LogP contribution in [0.15, 0.2) is 54.6 Å². The Morgan fingerprint density at radius 1 is 1.00 bits per heavy atom. The molecule has 0 saturated carbocycles. The molecule has 3 rings (SSSR count). The zero-order chi connectivity index (χ0) is 13.1. The molecule has 1 atom stereocenters. The molecule has 2 nitrogen and oxygen atoms in total. The monoisotopic (exact) mass is 253 g/mol. The fourth-order valence-electron chi connectivity index (χ4n) is 2.53. The van der Waals surface area contributed by atoms with Crippen molar-refractivity contribution in [3.63, 3.8) is 0 Å². The van der Waals surface area contributed by atoms with Crippen LogP contribution in [0.2, 0.25) is 0 Å². The van der Waals surface area contributed by atoms with E-state index in [4.69, 9.17) is 4.74 Å². The van der Waals surface area contributed by atoms with Crippen LogP contribution in [-0.4, -0.2) is 13.2 Å². The molecule has 1 unspecified atom stereocenters. The lowest BCUT2D eigenvalue weighted by Crippen LogP contribution is -2.36. The van der Waals surface area contributed by atoms with Gasteiger partial charge >= 0.3 is 0 Å². The maximum absolute atomic E-state index is 5.99. The second-order valence-electron chi connectivity index (χ2n) is 5.02. The molecule has 0 amide bonds. The zero-order valence-electron chi connectivity index (χ0n) is 11.3. The van der Waals surface area contributed by atoms with Crippen molar-refractivity contribution < 1.29 is 4.74 Å². The molecular formula is C17H19NO. The van der Waals surface area contributed by atoms with Crippen LogP contribution < -0.4 is 4.90 Å². The van der Waals surface area contributed by atoms with Crippen molar-refractivity contribution >= 4 is 5.69 Å². The van der Waals surface area contributed by atoms with Gasteiger partial charge in [0.1, 0.15) is 0 Å². The van der Waals surface area contributed by atoms with Crippen molar-refractivity contribution in [3.05, 3.63) is 65.7 Å². The van der Waals surface area contributed by atoms with E-state index in [2.05, 4.69) is 60.4 Å². The first-order valence-corrected chi connectivity index (χ1v) is 6.84. The van der Waals surface area contributed by atoms with Crippen LogP contribution in [0.3, 0.4) is 0 Å². The summed E-state index contributed by atoms with van der Waals surface area (Å²) in [6.07, 6.45) is 1.12. The van der Waals surface area contributed by atoms with Gasteiger partial charge in [0.2, 0.25) is 0 Å². The lowest BCUT2D eigenvalue weighted by Gasteiger charge is -2.37. The number of nitrogens with zero attached hydrogens (tertiary/aromatic N) is 1. The van der Waals surface area contributed by atoms with Crippen LogP contribution in [0.4, 0.5) is 5.69 Å². The number of ether oxygens (including phenoxy) is 1. The summed E-state index contributed by atoms with van der Waals surface area (Å²) in [7, 11) is 0. The van der Waals surface area contributed by atoms with Crippen LogP contribution in [0.1, 0.15) is 23.8 Å². The maximum atomic E-state index is 5.99. The van der Waals surface area contributed by atoms with Gasteiger partial charge in [0.25, 0.3) is 0 Å². The second-order valence-corrected chi connectivity index (χ2v) is 5.02. The molecule has 2 aromatic rings. The van der Waals surface area contributed by atoms with Gasteiger partial charge in [-0.2, -0.15) is 0 Å². The van der Waals surface area contributed by atoms with E-state index >= 15 is 0 Å². The Labute approximate surface area is 114 Å². The van der Waals surface area contributed by atoms with E-state index in [-0.39, 0.29) is 6.23 Å². The van der Waals surface area contributed by atoms with E-state index in [0.29, 0.717) is 0 Å². The van der Waals surface area contributed by atoms with Gasteiger partial charge in [0.05, 0.1) is 6.61 Å². The van der Waals surface area contributed by atoms with Gasteiger partial charge < -0.3 is 9.64 Å². The number of benzene rings is 2. The van der Waals surface area contributed by atoms with Crippen molar-refractivity contribution in [1.29, 1.82) is 0 Å². The Bertz CT molecular complexity index is 521. The molecule has 1 aliphatic heterocycles. The molecule has 1 aliphatic rings. The van der Waals surface area contributed by atoms with Crippen molar-refractivity contribution in [2.45, 2.75) is 19.6 Å². The van der Waals surface area contributed by atoms with E-state index in [0.717, 1.165) is 19.6 Å². The molecule has 1 heterocycles. The van der Waals surface area contributed by atoms with Gasteiger partial charge in [0.15, 0.2) is 6.23 Å². The van der Waals surface area contributed by atoms with Crippen LogP contribution >= 0.6 is 0 Å². The fourth-order valence-corrected chi connectivity index (χ4v) is 2.53. The van der Waals surface area contributed by atoms with E-state index in [1.807, 2.05) is 6.07 Å². The smallest absolute Gasteiger partial charge is 0.156 e. The molecule has 0 aromatic heterocycles. The van der Waals surface area contributed by atoms with Gasteiger partial charge in [-0.1, -0.05) is 48.0 Å². The van der Waals surface area contributed by atoms with Gasteiger partial charge in [-0.15, -0.1) is 0 Å². The van der Waals surface area contributed by atoms with E-state index < -0.39 is 0 Å². The Morgan fingerprint density at radius 3 is 2.47 bits per heavy atom. The summed E-state index contributed by atoms with van der Waals surface area (Å²) in [5.41, 5.74) is 3.75. The molecule has 2 aromatic carbocycles. The first-order valence-electron chi connectivity index (χ1n) is 6.84. The molecule has 0 N–H and O–H groups in total. The fraction of sp³-hybridized carbons (Fsp3) is 0.294. The molecule has 0 radical (unpaired) electrons. The molecule has 98 valence electrons. The van der Waals surface area contributed by atoms with Gasteiger partial charge in [0, 0.05) is 17.8 Å². The lowest BCUT2D eigenvalue weighted by molar-refractivity contribution is 0.0248. The Morgan fingerprint density at radius 2 is 1.74 bits per heavy atom. The predicted octanol–water partition coefficient (Wildman–Crippen LogP) is 3.92. The average molecular weight is 253 g/mol. The van der Waals surface area contributed by atoms with Crippen LogP contribution in [0, 0.1) is 6.92 Å². The summed E-state index contributed by atoms with van der Waals surface area (Å²) < 4.78 is 5.99. The molecule has 0 aliphatic carbocycles. The minimum Gasteiger partial charge on any atom is -0.354 e. The molecule has 0 bridgehead atoms. The van der Waals surface area contributed by atoms with Crippen molar-refractivity contribution in [1.82, 2.24) is 0 Å². The summed E-state index contributed by atoms with van der Waals surface area (Å²) in [4.78, 5) is 2.35. The molecular weight excluding hydrogens is 234 g/mol. The van der Waals surface area contributed by atoms with E-state index in [1.54, 1.807) is 0 Å². The topological polar surface area (TPSA) is 12.5 Å². The SMILES string of the molecule is Cc1ccc(N2CCCOC2c2ccccc2)cc1. The normalized spacial score (nSPS) is 19.4. The molecule has 1 saturated heterocycles. The molecule has 19 heavy (non-hydrogen) atoms. The van der Waals surface area contributed by atoms with Crippen LogP contribution in [0.25, 0.3) is 0 Å². The third kappa shape index (κ3) is 2.64. The van der Waals surface area contributed by atoms with Crippen LogP contribution in [0.5, 0.6) is 0 Å². The number of aryl methyl sites for hydroxylation is 1. The predicted molar refractivity (Wildman–Crippen MR) is 78.3 cm³/mol. The number of hydrogen-bond donors (Lipinski definition) is 0. The summed E-state index contributed by atoms with van der Waals surface area (Å²) in [6, 6.07) is 19.1. The van der Waals surface area contributed by atoms with Crippen molar-refractivity contribution in [3.8, 4) is 0 Å². The summed E-state index contributed by atoms with van der Waals surface area (Å²) in [6.45, 7) is 4.00. The highest BCUT2D eigenvalue weighted by Crippen LogP contribution is 2.31. The first-order chi connectivity index (χ1) is 9.34. The minimum absolute atomic E-state index is 0.0395. The minimum atomic E-state index is 0.0395. The second kappa shape index (κ2) is 5.45. The highest BCUT2D eigenvalue weighted by Gasteiger charge is 2.24. The number of hydrogen-bond acceptors (Lipinski definition) is 2. The third-order valence-corrected chi connectivity index (χ3v) is 3.55. The van der Waals surface area contributed by atoms with Crippen molar-refractivity contribution in [2.75, 3.05) is 18.1 Å². The zero-order valence-corrected chi connectivity index (χ0v) is 11.3.